The second-order valence-corrected chi connectivity index (χ2v) is 4.38. The summed E-state index contributed by atoms with van der Waals surface area (Å²) in [7, 11) is 1.64. The summed E-state index contributed by atoms with van der Waals surface area (Å²) in [6.45, 7) is 1.64. The maximum Gasteiger partial charge on any atom is 0.391 e. The van der Waals surface area contributed by atoms with Crippen molar-refractivity contribution in [3.63, 3.8) is 0 Å². The van der Waals surface area contributed by atoms with Crippen LogP contribution in [0.4, 0.5) is 13.2 Å². The smallest absolute Gasteiger partial charge is 0.381 e. The van der Waals surface area contributed by atoms with Crippen LogP contribution in [0.5, 0.6) is 0 Å². The van der Waals surface area contributed by atoms with Crippen molar-refractivity contribution in [3.05, 3.63) is 0 Å². The van der Waals surface area contributed by atoms with E-state index in [0.29, 0.717) is 19.3 Å². The Balaban J connectivity index is 3.60. The molecule has 0 aliphatic carbocycles. The van der Waals surface area contributed by atoms with Gasteiger partial charge in [0.1, 0.15) is 0 Å². The van der Waals surface area contributed by atoms with Gasteiger partial charge in [0.05, 0.1) is 18.6 Å². The minimum atomic E-state index is -4.17. The summed E-state index contributed by atoms with van der Waals surface area (Å²) < 4.78 is 40.2. The summed E-state index contributed by atoms with van der Waals surface area (Å²) in [6.07, 6.45) is -3.31. The maximum absolute atomic E-state index is 11.8. The van der Waals surface area contributed by atoms with Crippen LogP contribution in [-0.4, -0.2) is 37.9 Å². The molecule has 0 heterocycles. The van der Waals surface area contributed by atoms with Crippen LogP contribution in [0.1, 0.15) is 32.6 Å². The lowest BCUT2D eigenvalue weighted by Crippen LogP contribution is -2.51. The van der Waals surface area contributed by atoms with Crippen molar-refractivity contribution in [1.82, 2.24) is 5.32 Å². The molecule has 0 saturated heterocycles. The summed E-state index contributed by atoms with van der Waals surface area (Å²) in [6, 6.07) is 0. The Morgan fingerprint density at radius 2 is 1.83 bits per heavy atom. The summed E-state index contributed by atoms with van der Waals surface area (Å²) in [5.41, 5.74) is 4.46. The van der Waals surface area contributed by atoms with Crippen LogP contribution in [0, 0.1) is 0 Å². The molecule has 7 heteroatoms. The van der Waals surface area contributed by atoms with E-state index in [-0.39, 0.29) is 13.2 Å². The van der Waals surface area contributed by atoms with E-state index in [1.54, 1.807) is 14.0 Å². The van der Waals surface area contributed by atoms with Crippen molar-refractivity contribution in [2.45, 2.75) is 44.3 Å². The van der Waals surface area contributed by atoms with Gasteiger partial charge in [-0.2, -0.15) is 13.2 Å². The van der Waals surface area contributed by atoms with Gasteiger partial charge in [0.15, 0.2) is 0 Å². The molecule has 0 aliphatic heterocycles. The van der Waals surface area contributed by atoms with Crippen molar-refractivity contribution in [2.24, 2.45) is 5.73 Å². The Bertz CT molecular complexity index is 259. The van der Waals surface area contributed by atoms with E-state index in [0.717, 1.165) is 0 Å². The monoisotopic (exact) mass is 270 g/mol. The molecule has 3 N–H and O–H groups in total. The van der Waals surface area contributed by atoms with Crippen molar-refractivity contribution >= 4 is 5.91 Å². The molecule has 0 aromatic rings. The molecule has 0 rings (SSSR count). The number of rotatable bonds is 9. The number of nitrogens with two attached hydrogens (primary N) is 1. The third-order valence-electron chi connectivity index (χ3n) is 2.84. The molecule has 4 nitrogen and oxygen atoms in total. The third kappa shape index (κ3) is 7.50. The van der Waals surface area contributed by atoms with Crippen LogP contribution in [0.3, 0.4) is 0 Å². The highest BCUT2D eigenvalue weighted by atomic mass is 19.4. The molecule has 0 spiro atoms. The first-order valence-electron chi connectivity index (χ1n) is 5.84. The number of carbonyl (C=O) groups excluding carboxylic acids is 1. The van der Waals surface area contributed by atoms with Gasteiger partial charge in [0, 0.05) is 6.61 Å². The minimum absolute atomic E-state index is 0.259. The van der Waals surface area contributed by atoms with Crippen LogP contribution in [-0.2, 0) is 9.53 Å². The van der Waals surface area contributed by atoms with Crippen LogP contribution in [0.2, 0.25) is 0 Å². The van der Waals surface area contributed by atoms with Gasteiger partial charge in [-0.3, -0.25) is 4.79 Å². The van der Waals surface area contributed by atoms with E-state index in [9.17, 15) is 18.0 Å². The van der Waals surface area contributed by atoms with Crippen molar-refractivity contribution in [3.8, 4) is 0 Å². The van der Waals surface area contributed by atoms with E-state index < -0.39 is 24.0 Å². The number of likely N-dealkylation sites (N-methyl/N-ethyl adjacent to an activating group) is 1. The number of nitrogens with one attached hydrogen (secondary N) is 1. The average molecular weight is 270 g/mol. The fraction of sp³-hybridized carbons (Fsp3) is 0.909. The van der Waals surface area contributed by atoms with Gasteiger partial charge in [-0.05, 0) is 33.2 Å². The zero-order chi connectivity index (χ0) is 14.2. The zero-order valence-electron chi connectivity index (χ0n) is 10.8. The molecule has 0 aliphatic rings. The number of amides is 1. The lowest BCUT2D eigenvalue weighted by atomic mass is 9.94. The molecule has 0 fully saturated rings. The molecule has 0 radical (unpaired) electrons. The van der Waals surface area contributed by atoms with Crippen molar-refractivity contribution in [2.75, 3.05) is 20.3 Å². The third-order valence-corrected chi connectivity index (χ3v) is 2.84. The highest BCUT2D eigenvalue weighted by molar-refractivity contribution is 5.84. The Morgan fingerprint density at radius 1 is 1.22 bits per heavy atom. The lowest BCUT2D eigenvalue weighted by molar-refractivity contribution is -0.145. The highest BCUT2D eigenvalue weighted by Gasteiger charge is 2.28. The molecular weight excluding hydrogens is 249 g/mol. The van der Waals surface area contributed by atoms with Gasteiger partial charge in [0.25, 0.3) is 0 Å². The van der Waals surface area contributed by atoms with E-state index in [1.165, 1.54) is 0 Å². The Morgan fingerprint density at radius 3 is 2.28 bits per heavy atom. The van der Waals surface area contributed by atoms with Gasteiger partial charge < -0.3 is 15.8 Å². The van der Waals surface area contributed by atoms with Gasteiger partial charge in [-0.25, -0.2) is 0 Å². The molecule has 18 heavy (non-hydrogen) atoms. The fourth-order valence-electron chi connectivity index (χ4n) is 1.34. The van der Waals surface area contributed by atoms with Gasteiger partial charge in [0.2, 0.25) is 5.91 Å². The summed E-state index contributed by atoms with van der Waals surface area (Å²) >= 11 is 0. The van der Waals surface area contributed by atoms with E-state index in [1.807, 2.05) is 0 Å². The van der Waals surface area contributed by atoms with E-state index >= 15 is 0 Å². The second-order valence-electron chi connectivity index (χ2n) is 4.38. The first kappa shape index (κ1) is 17.2. The SMILES string of the molecule is CNC(C)(CCCCOCCC(F)(F)F)C(N)=O. The molecule has 0 aromatic heterocycles. The topological polar surface area (TPSA) is 64.3 Å². The zero-order valence-corrected chi connectivity index (χ0v) is 10.8. The highest BCUT2D eigenvalue weighted by Crippen LogP contribution is 2.19. The molecule has 1 atom stereocenters. The summed E-state index contributed by atoms with van der Waals surface area (Å²) in [5.74, 6) is -0.442. The largest absolute Gasteiger partial charge is 0.391 e. The molecular formula is C11H21F3N2O2. The van der Waals surface area contributed by atoms with Gasteiger partial charge in [-0.15, -0.1) is 0 Å². The van der Waals surface area contributed by atoms with E-state index in [2.05, 4.69) is 5.32 Å². The van der Waals surface area contributed by atoms with Gasteiger partial charge in [-0.1, -0.05) is 0 Å². The lowest BCUT2D eigenvalue weighted by Gasteiger charge is -2.25. The number of hydrogen-bond donors (Lipinski definition) is 2. The van der Waals surface area contributed by atoms with Crippen molar-refractivity contribution < 1.29 is 22.7 Å². The summed E-state index contributed by atoms with van der Waals surface area (Å²) in [4.78, 5) is 11.1. The van der Waals surface area contributed by atoms with Crippen LogP contribution >= 0.6 is 0 Å². The Labute approximate surface area is 105 Å². The average Bonchev–Trinajstić information content (AvgIpc) is 2.25. The summed E-state index contributed by atoms with van der Waals surface area (Å²) in [5, 5.41) is 2.84. The molecule has 108 valence electrons. The fourth-order valence-corrected chi connectivity index (χ4v) is 1.34. The van der Waals surface area contributed by atoms with Crippen LogP contribution < -0.4 is 11.1 Å². The Hall–Kier alpha value is -0.820. The number of carbonyl (C=O) groups is 1. The molecule has 1 amide bonds. The number of alkyl halides is 3. The maximum atomic E-state index is 11.8. The first-order valence-corrected chi connectivity index (χ1v) is 5.84. The Kier molecular flexibility index (Phi) is 7.23. The number of halogens is 3. The first-order chi connectivity index (χ1) is 8.21. The number of unbranched alkanes of at least 4 members (excludes halogenated alkanes) is 1. The predicted octanol–water partition coefficient (Wildman–Crippen LogP) is 1.59. The standard InChI is InChI=1S/C11H21F3N2O2/c1-10(16-2,9(15)17)5-3-4-7-18-8-6-11(12,13)14/h16H,3-8H2,1-2H3,(H2,15,17). The van der Waals surface area contributed by atoms with Gasteiger partial charge >= 0.3 is 6.18 Å². The predicted molar refractivity (Wildman–Crippen MR) is 62.0 cm³/mol. The number of primary amides is 1. The van der Waals surface area contributed by atoms with Crippen LogP contribution in [0.25, 0.3) is 0 Å². The number of ether oxygens (including phenoxy) is 1. The molecule has 1 unspecified atom stereocenters. The van der Waals surface area contributed by atoms with Crippen LogP contribution in [0.15, 0.2) is 0 Å². The second kappa shape index (κ2) is 7.58. The van der Waals surface area contributed by atoms with E-state index in [4.69, 9.17) is 10.5 Å². The quantitative estimate of drug-likeness (QED) is 0.625. The normalized spacial score (nSPS) is 15.4. The van der Waals surface area contributed by atoms with Crippen molar-refractivity contribution in [1.29, 1.82) is 0 Å². The minimum Gasteiger partial charge on any atom is -0.381 e. The molecule has 0 bridgehead atoms. The molecule has 0 saturated carbocycles. The molecule has 0 aromatic carbocycles. The number of hydrogen-bond acceptors (Lipinski definition) is 3.